The van der Waals surface area contributed by atoms with E-state index in [1.165, 1.54) is 4.90 Å². The van der Waals surface area contributed by atoms with Crippen LogP contribution in [0.25, 0.3) is 0 Å². The maximum Gasteiger partial charge on any atom is 0.261 e. The summed E-state index contributed by atoms with van der Waals surface area (Å²) in [5, 5.41) is 4.52. The summed E-state index contributed by atoms with van der Waals surface area (Å²) in [6.45, 7) is 6.12. The van der Waals surface area contributed by atoms with E-state index < -0.39 is 6.04 Å². The predicted molar refractivity (Wildman–Crippen MR) is 151 cm³/mol. The van der Waals surface area contributed by atoms with Crippen LogP contribution in [0.1, 0.15) is 35.6 Å². The van der Waals surface area contributed by atoms with E-state index in [-0.39, 0.29) is 25.0 Å². The van der Waals surface area contributed by atoms with Gasteiger partial charge in [0.05, 0.1) is 0 Å². The fourth-order valence-electron chi connectivity index (χ4n) is 3.97. The lowest BCUT2D eigenvalue weighted by Gasteiger charge is -2.31. The first-order chi connectivity index (χ1) is 17.7. The summed E-state index contributed by atoms with van der Waals surface area (Å²) in [4.78, 5) is 28.6. The highest BCUT2D eigenvalue weighted by atomic mass is 35.5. The Balaban J connectivity index is 1.94. The van der Waals surface area contributed by atoms with Crippen LogP contribution in [-0.2, 0) is 22.6 Å². The number of halogens is 3. The van der Waals surface area contributed by atoms with Crippen LogP contribution in [0, 0.1) is 13.8 Å². The standard InChI is InChI=1S/C29H31Cl3N2O3/c1-4-12-33-29(36)26(15-21-8-6-5-7-9-21)34(17-22-10-11-23(30)16-25(22)31)27(35)18-37-24-13-19(2)28(32)20(3)14-24/h5-11,13-14,16,26H,4,12,15,17-18H2,1-3H3,(H,33,36)/t26-/m0/s1. The highest BCUT2D eigenvalue weighted by Crippen LogP contribution is 2.27. The van der Waals surface area contributed by atoms with E-state index in [0.717, 1.165) is 23.1 Å². The molecule has 0 aromatic heterocycles. The van der Waals surface area contributed by atoms with E-state index in [9.17, 15) is 9.59 Å². The molecule has 3 aromatic carbocycles. The van der Waals surface area contributed by atoms with Crippen LogP contribution in [0.15, 0.2) is 60.7 Å². The summed E-state index contributed by atoms with van der Waals surface area (Å²) in [6.07, 6.45) is 1.12. The maximum absolute atomic E-state index is 13.7. The first kappa shape index (κ1) is 28.8. The highest BCUT2D eigenvalue weighted by Gasteiger charge is 2.31. The topological polar surface area (TPSA) is 58.6 Å². The number of hydrogen-bond donors (Lipinski definition) is 1. The van der Waals surface area contributed by atoms with E-state index in [2.05, 4.69) is 5.32 Å². The van der Waals surface area contributed by atoms with Gasteiger partial charge >= 0.3 is 0 Å². The zero-order valence-corrected chi connectivity index (χ0v) is 23.5. The number of aryl methyl sites for hydroxylation is 2. The summed E-state index contributed by atoms with van der Waals surface area (Å²) in [7, 11) is 0. The van der Waals surface area contributed by atoms with Gasteiger partial charge in [-0.05, 0) is 66.8 Å². The van der Waals surface area contributed by atoms with E-state index >= 15 is 0 Å². The molecule has 0 bridgehead atoms. The third-order valence-electron chi connectivity index (χ3n) is 5.95. The minimum Gasteiger partial charge on any atom is -0.484 e. The van der Waals surface area contributed by atoms with Crippen molar-refractivity contribution in [2.75, 3.05) is 13.2 Å². The molecule has 196 valence electrons. The second-order valence-electron chi connectivity index (χ2n) is 8.91. The maximum atomic E-state index is 13.7. The number of ether oxygens (including phenoxy) is 1. The molecule has 0 heterocycles. The molecule has 0 spiro atoms. The number of carbonyl (C=O) groups is 2. The molecule has 3 rings (SSSR count). The molecular formula is C29H31Cl3N2O3. The Morgan fingerprint density at radius 1 is 0.973 bits per heavy atom. The molecule has 0 saturated carbocycles. The van der Waals surface area contributed by atoms with Crippen molar-refractivity contribution >= 4 is 46.6 Å². The van der Waals surface area contributed by atoms with Gasteiger partial charge in [0.2, 0.25) is 5.91 Å². The van der Waals surface area contributed by atoms with Gasteiger partial charge in [0.15, 0.2) is 6.61 Å². The Morgan fingerprint density at radius 3 is 2.27 bits per heavy atom. The largest absolute Gasteiger partial charge is 0.484 e. The number of rotatable bonds is 11. The van der Waals surface area contributed by atoms with Crippen molar-refractivity contribution in [2.45, 2.75) is 46.2 Å². The molecule has 8 heteroatoms. The SMILES string of the molecule is CCCNC(=O)[C@H](Cc1ccccc1)N(Cc1ccc(Cl)cc1Cl)C(=O)COc1cc(C)c(Cl)c(C)c1. The van der Waals surface area contributed by atoms with Gasteiger partial charge in [-0.2, -0.15) is 0 Å². The fourth-order valence-corrected chi connectivity index (χ4v) is 4.55. The van der Waals surface area contributed by atoms with E-state index in [1.54, 1.807) is 30.3 Å². The van der Waals surface area contributed by atoms with Gasteiger partial charge in [0, 0.05) is 34.6 Å². The number of benzene rings is 3. The van der Waals surface area contributed by atoms with Crippen LogP contribution in [0.4, 0.5) is 0 Å². The average molecular weight is 562 g/mol. The van der Waals surface area contributed by atoms with Gasteiger partial charge in [-0.25, -0.2) is 0 Å². The van der Waals surface area contributed by atoms with Crippen molar-refractivity contribution in [1.82, 2.24) is 10.2 Å². The Hall–Kier alpha value is -2.73. The smallest absolute Gasteiger partial charge is 0.261 e. The van der Waals surface area contributed by atoms with Crippen LogP contribution in [0.5, 0.6) is 5.75 Å². The summed E-state index contributed by atoms with van der Waals surface area (Å²) in [5.74, 6) is -0.0431. The lowest BCUT2D eigenvalue weighted by atomic mass is 10.0. The first-order valence-corrected chi connectivity index (χ1v) is 13.3. The number of nitrogens with zero attached hydrogens (tertiary/aromatic N) is 1. The monoisotopic (exact) mass is 560 g/mol. The second-order valence-corrected chi connectivity index (χ2v) is 10.1. The van der Waals surface area contributed by atoms with E-state index in [1.807, 2.05) is 51.1 Å². The normalized spacial score (nSPS) is 11.6. The molecular weight excluding hydrogens is 531 g/mol. The molecule has 3 aromatic rings. The molecule has 0 aliphatic carbocycles. The first-order valence-electron chi connectivity index (χ1n) is 12.1. The van der Waals surface area contributed by atoms with Gasteiger partial charge in [0.1, 0.15) is 11.8 Å². The van der Waals surface area contributed by atoms with Gasteiger partial charge in [0.25, 0.3) is 5.91 Å². The van der Waals surface area contributed by atoms with Crippen molar-refractivity contribution in [3.8, 4) is 5.75 Å². The van der Waals surface area contributed by atoms with Crippen molar-refractivity contribution in [1.29, 1.82) is 0 Å². The third-order valence-corrected chi connectivity index (χ3v) is 7.13. The van der Waals surface area contributed by atoms with Gasteiger partial charge < -0.3 is 15.0 Å². The van der Waals surface area contributed by atoms with E-state index in [4.69, 9.17) is 39.5 Å². The van der Waals surface area contributed by atoms with Crippen molar-refractivity contribution in [2.24, 2.45) is 0 Å². The minimum absolute atomic E-state index is 0.119. The molecule has 0 saturated heterocycles. The lowest BCUT2D eigenvalue weighted by Crippen LogP contribution is -2.51. The Kier molecular flexibility index (Phi) is 10.7. The molecule has 37 heavy (non-hydrogen) atoms. The van der Waals surface area contributed by atoms with Crippen LogP contribution in [0.3, 0.4) is 0 Å². The predicted octanol–water partition coefficient (Wildman–Crippen LogP) is 6.81. The van der Waals surface area contributed by atoms with Gasteiger partial charge in [-0.1, -0.05) is 78.1 Å². The average Bonchev–Trinajstić information content (AvgIpc) is 2.88. The highest BCUT2D eigenvalue weighted by molar-refractivity contribution is 6.35. The Morgan fingerprint density at radius 2 is 1.65 bits per heavy atom. The molecule has 2 amide bonds. The van der Waals surface area contributed by atoms with Crippen LogP contribution in [-0.4, -0.2) is 35.9 Å². The summed E-state index contributed by atoms with van der Waals surface area (Å²) >= 11 is 18.8. The van der Waals surface area contributed by atoms with Crippen LogP contribution >= 0.6 is 34.8 Å². The van der Waals surface area contributed by atoms with E-state index in [0.29, 0.717) is 39.3 Å². The molecule has 5 nitrogen and oxygen atoms in total. The Bertz CT molecular complexity index is 1210. The second kappa shape index (κ2) is 13.7. The van der Waals surface area contributed by atoms with Crippen molar-refractivity contribution < 1.29 is 14.3 Å². The van der Waals surface area contributed by atoms with Crippen molar-refractivity contribution in [3.05, 3.63) is 98.0 Å². The number of hydrogen-bond acceptors (Lipinski definition) is 3. The third kappa shape index (κ3) is 8.13. The molecule has 0 radical (unpaired) electrons. The summed E-state index contributed by atoms with van der Waals surface area (Å²) in [6, 6.07) is 17.5. The fraction of sp³-hybridized carbons (Fsp3) is 0.310. The van der Waals surface area contributed by atoms with Crippen LogP contribution < -0.4 is 10.1 Å². The van der Waals surface area contributed by atoms with Crippen LogP contribution in [0.2, 0.25) is 15.1 Å². The zero-order chi connectivity index (χ0) is 26.9. The summed E-state index contributed by atoms with van der Waals surface area (Å²) in [5.41, 5.74) is 3.33. The molecule has 0 aliphatic heterocycles. The number of carbonyl (C=O) groups excluding carboxylic acids is 2. The molecule has 0 fully saturated rings. The minimum atomic E-state index is -0.773. The van der Waals surface area contributed by atoms with Gasteiger partial charge in [-0.15, -0.1) is 0 Å². The zero-order valence-electron chi connectivity index (χ0n) is 21.2. The quantitative estimate of drug-likeness (QED) is 0.280. The molecule has 0 aliphatic rings. The molecule has 0 unspecified atom stereocenters. The Labute approximate surface area is 233 Å². The lowest BCUT2D eigenvalue weighted by molar-refractivity contribution is -0.142. The molecule has 1 atom stereocenters. The number of nitrogens with one attached hydrogen (secondary N) is 1. The summed E-state index contributed by atoms with van der Waals surface area (Å²) < 4.78 is 5.88. The number of amides is 2. The molecule has 1 N–H and O–H groups in total. The van der Waals surface area contributed by atoms with Gasteiger partial charge in [-0.3, -0.25) is 9.59 Å². The van der Waals surface area contributed by atoms with Crippen molar-refractivity contribution in [3.63, 3.8) is 0 Å².